The standard InChI is InChI=1S/C19H19N3O2/c1-12-10-16-15-4-2-3-5-17(15)21-19(16)18(11-12)20-13-6-8-14(9-7-13)22(23)24/h2-9,12,18,20-21H,10-11H2,1H3/t12-,18+/m1/s1. The van der Waals surface area contributed by atoms with Gasteiger partial charge in [-0.25, -0.2) is 0 Å². The lowest BCUT2D eigenvalue weighted by Crippen LogP contribution is -2.22. The largest absolute Gasteiger partial charge is 0.377 e. The maximum Gasteiger partial charge on any atom is 0.269 e. The number of anilines is 1. The Kier molecular flexibility index (Phi) is 3.49. The van der Waals surface area contributed by atoms with Gasteiger partial charge < -0.3 is 10.3 Å². The van der Waals surface area contributed by atoms with Gasteiger partial charge in [-0.2, -0.15) is 0 Å². The van der Waals surface area contributed by atoms with Crippen molar-refractivity contribution in [3.05, 3.63) is 69.9 Å². The molecule has 1 heterocycles. The van der Waals surface area contributed by atoms with Crippen molar-refractivity contribution in [3.8, 4) is 0 Å². The van der Waals surface area contributed by atoms with E-state index in [4.69, 9.17) is 0 Å². The number of H-pyrrole nitrogens is 1. The number of rotatable bonds is 3. The maximum atomic E-state index is 10.8. The van der Waals surface area contributed by atoms with Crippen molar-refractivity contribution < 1.29 is 4.92 Å². The van der Waals surface area contributed by atoms with Gasteiger partial charge in [0, 0.05) is 34.4 Å². The predicted octanol–water partition coefficient (Wildman–Crippen LogP) is 4.81. The molecule has 0 aliphatic heterocycles. The monoisotopic (exact) mass is 321 g/mol. The number of nitro benzene ring substituents is 1. The second-order valence-corrected chi connectivity index (χ2v) is 6.61. The highest BCUT2D eigenvalue weighted by atomic mass is 16.6. The smallest absolute Gasteiger partial charge is 0.269 e. The van der Waals surface area contributed by atoms with Crippen LogP contribution >= 0.6 is 0 Å². The van der Waals surface area contributed by atoms with Crippen LogP contribution in [0.15, 0.2) is 48.5 Å². The van der Waals surface area contributed by atoms with Gasteiger partial charge in [-0.1, -0.05) is 25.1 Å². The third kappa shape index (κ3) is 2.52. The summed E-state index contributed by atoms with van der Waals surface area (Å²) in [4.78, 5) is 14.0. The van der Waals surface area contributed by atoms with Crippen LogP contribution < -0.4 is 5.32 Å². The second-order valence-electron chi connectivity index (χ2n) is 6.61. The lowest BCUT2D eigenvalue weighted by molar-refractivity contribution is -0.384. The SMILES string of the molecule is C[C@@H]1Cc2c([nH]c3ccccc23)[C@@H](Nc2ccc([N+](=O)[O-])cc2)C1. The van der Waals surface area contributed by atoms with Crippen LogP contribution in [0.2, 0.25) is 0 Å². The summed E-state index contributed by atoms with van der Waals surface area (Å²) in [6.07, 6.45) is 2.12. The number of nitrogens with one attached hydrogen (secondary N) is 2. The molecule has 0 fully saturated rings. The molecule has 1 aliphatic rings. The Balaban J connectivity index is 1.68. The lowest BCUT2D eigenvalue weighted by atomic mass is 9.84. The molecule has 2 aromatic carbocycles. The third-order valence-corrected chi connectivity index (χ3v) is 4.80. The average molecular weight is 321 g/mol. The molecular formula is C19H19N3O2. The molecule has 1 aromatic heterocycles. The van der Waals surface area contributed by atoms with E-state index in [1.165, 1.54) is 22.2 Å². The summed E-state index contributed by atoms with van der Waals surface area (Å²) >= 11 is 0. The van der Waals surface area contributed by atoms with Gasteiger partial charge in [0.25, 0.3) is 5.69 Å². The first-order valence-corrected chi connectivity index (χ1v) is 8.22. The predicted molar refractivity (Wildman–Crippen MR) is 95.2 cm³/mol. The summed E-state index contributed by atoms with van der Waals surface area (Å²) in [5, 5.41) is 15.6. The first-order chi connectivity index (χ1) is 11.6. The molecule has 2 atom stereocenters. The molecule has 0 spiro atoms. The molecule has 0 unspecified atom stereocenters. The molecule has 5 heteroatoms. The van der Waals surface area contributed by atoms with Crippen LogP contribution in [-0.4, -0.2) is 9.91 Å². The summed E-state index contributed by atoms with van der Waals surface area (Å²) in [5.74, 6) is 0.590. The Morgan fingerprint density at radius 2 is 1.92 bits per heavy atom. The van der Waals surface area contributed by atoms with E-state index < -0.39 is 0 Å². The number of hydrogen-bond acceptors (Lipinski definition) is 3. The van der Waals surface area contributed by atoms with Crippen LogP contribution in [0.4, 0.5) is 11.4 Å². The minimum absolute atomic E-state index is 0.115. The second kappa shape index (κ2) is 5.67. The fourth-order valence-electron chi connectivity index (χ4n) is 3.70. The van der Waals surface area contributed by atoms with Crippen molar-refractivity contribution in [1.29, 1.82) is 0 Å². The Bertz CT molecular complexity index is 899. The molecule has 0 saturated carbocycles. The van der Waals surface area contributed by atoms with E-state index in [9.17, 15) is 10.1 Å². The molecule has 0 radical (unpaired) electrons. The van der Waals surface area contributed by atoms with Crippen LogP contribution in [0.5, 0.6) is 0 Å². The molecule has 5 nitrogen and oxygen atoms in total. The summed E-state index contributed by atoms with van der Waals surface area (Å²) in [6, 6.07) is 15.2. The van der Waals surface area contributed by atoms with Crippen LogP contribution in [-0.2, 0) is 6.42 Å². The molecule has 0 bridgehead atoms. The average Bonchev–Trinajstić information content (AvgIpc) is 2.94. The highest BCUT2D eigenvalue weighted by molar-refractivity contribution is 5.85. The van der Waals surface area contributed by atoms with Crippen LogP contribution in [0, 0.1) is 16.0 Å². The number of benzene rings is 2. The Labute approximate surface area is 139 Å². The Hall–Kier alpha value is -2.82. The number of aromatic amines is 1. The molecule has 24 heavy (non-hydrogen) atoms. The Morgan fingerprint density at radius 3 is 2.67 bits per heavy atom. The van der Waals surface area contributed by atoms with Crippen molar-refractivity contribution in [1.82, 2.24) is 4.98 Å². The van der Waals surface area contributed by atoms with Gasteiger partial charge in [-0.3, -0.25) is 10.1 Å². The van der Waals surface area contributed by atoms with Crippen LogP contribution in [0.1, 0.15) is 30.6 Å². The first-order valence-electron chi connectivity index (χ1n) is 8.22. The van der Waals surface area contributed by atoms with E-state index in [-0.39, 0.29) is 16.7 Å². The molecular weight excluding hydrogens is 302 g/mol. The van der Waals surface area contributed by atoms with E-state index in [1.807, 2.05) is 6.07 Å². The number of hydrogen-bond donors (Lipinski definition) is 2. The molecule has 1 aliphatic carbocycles. The lowest BCUT2D eigenvalue weighted by Gasteiger charge is -2.29. The topological polar surface area (TPSA) is 71.0 Å². The molecule has 0 saturated heterocycles. The highest BCUT2D eigenvalue weighted by Crippen LogP contribution is 2.39. The van der Waals surface area contributed by atoms with Crippen LogP contribution in [0.25, 0.3) is 10.9 Å². The van der Waals surface area contributed by atoms with Gasteiger partial charge in [0.2, 0.25) is 0 Å². The molecule has 2 N–H and O–H groups in total. The Morgan fingerprint density at radius 1 is 1.17 bits per heavy atom. The van der Waals surface area contributed by atoms with E-state index in [1.54, 1.807) is 24.3 Å². The zero-order valence-electron chi connectivity index (χ0n) is 13.5. The van der Waals surface area contributed by atoms with E-state index in [0.717, 1.165) is 18.5 Å². The highest BCUT2D eigenvalue weighted by Gasteiger charge is 2.28. The number of fused-ring (bicyclic) bond motifs is 3. The zero-order chi connectivity index (χ0) is 16.7. The summed E-state index contributed by atoms with van der Waals surface area (Å²) in [7, 11) is 0. The van der Waals surface area contributed by atoms with Crippen LogP contribution in [0.3, 0.4) is 0 Å². The molecule has 3 aromatic rings. The number of nitrogens with zero attached hydrogens (tertiary/aromatic N) is 1. The fraction of sp³-hybridized carbons (Fsp3) is 0.263. The zero-order valence-corrected chi connectivity index (χ0v) is 13.5. The molecule has 4 rings (SSSR count). The minimum atomic E-state index is -0.373. The molecule has 0 amide bonds. The van der Waals surface area contributed by atoms with Crippen molar-refractivity contribution >= 4 is 22.3 Å². The molecule has 122 valence electrons. The maximum absolute atomic E-state index is 10.8. The van der Waals surface area contributed by atoms with Gasteiger partial charge in [0.05, 0.1) is 11.0 Å². The van der Waals surface area contributed by atoms with E-state index in [2.05, 4.69) is 35.4 Å². The fourth-order valence-corrected chi connectivity index (χ4v) is 3.70. The number of non-ortho nitro benzene ring substituents is 1. The van der Waals surface area contributed by atoms with Gasteiger partial charge >= 0.3 is 0 Å². The van der Waals surface area contributed by atoms with Crippen molar-refractivity contribution in [2.75, 3.05) is 5.32 Å². The summed E-state index contributed by atoms with van der Waals surface area (Å²) in [5.41, 5.74) is 4.83. The minimum Gasteiger partial charge on any atom is -0.377 e. The van der Waals surface area contributed by atoms with Gasteiger partial charge in [-0.15, -0.1) is 0 Å². The summed E-state index contributed by atoms with van der Waals surface area (Å²) < 4.78 is 0. The van der Waals surface area contributed by atoms with Gasteiger partial charge in [0.1, 0.15) is 0 Å². The number of para-hydroxylation sites is 1. The van der Waals surface area contributed by atoms with Crippen molar-refractivity contribution in [2.24, 2.45) is 5.92 Å². The van der Waals surface area contributed by atoms with E-state index >= 15 is 0 Å². The number of nitro groups is 1. The summed E-state index contributed by atoms with van der Waals surface area (Å²) in [6.45, 7) is 2.27. The first kappa shape index (κ1) is 14.8. The van der Waals surface area contributed by atoms with Gasteiger partial charge in [0.15, 0.2) is 0 Å². The van der Waals surface area contributed by atoms with Gasteiger partial charge in [-0.05, 0) is 42.5 Å². The number of aromatic nitrogens is 1. The quantitative estimate of drug-likeness (QED) is 0.537. The van der Waals surface area contributed by atoms with Crippen molar-refractivity contribution in [2.45, 2.75) is 25.8 Å². The van der Waals surface area contributed by atoms with Crippen molar-refractivity contribution in [3.63, 3.8) is 0 Å². The van der Waals surface area contributed by atoms with E-state index in [0.29, 0.717) is 5.92 Å². The normalized spacial score (nSPS) is 19.9. The third-order valence-electron chi connectivity index (χ3n) is 4.80.